The first kappa shape index (κ1) is 14.0. The molecule has 1 aromatic carbocycles. The summed E-state index contributed by atoms with van der Waals surface area (Å²) in [5.74, 6) is 2.94. The highest BCUT2D eigenvalue weighted by Gasteiger charge is 2.14. The number of hydrogen-bond acceptors (Lipinski definition) is 3. The molecule has 0 amide bonds. The molecule has 21 heavy (non-hydrogen) atoms. The minimum Gasteiger partial charge on any atom is -0.228 e. The number of fused-ring (bicyclic) bond motifs is 1. The van der Waals surface area contributed by atoms with Gasteiger partial charge in [-0.1, -0.05) is 32.0 Å². The fourth-order valence-electron chi connectivity index (χ4n) is 2.37. The molecule has 0 aliphatic carbocycles. The smallest absolute Gasteiger partial charge is 0.160 e. The maximum Gasteiger partial charge on any atom is 0.160 e. The SMILES string of the molecule is CCc1nc(CC)n(-c2nc3ccccc3cc2CCl)n1. The van der Waals surface area contributed by atoms with Gasteiger partial charge in [0.2, 0.25) is 0 Å². The van der Waals surface area contributed by atoms with Crippen LogP contribution in [0.4, 0.5) is 0 Å². The van der Waals surface area contributed by atoms with Crippen LogP contribution < -0.4 is 0 Å². The van der Waals surface area contributed by atoms with Gasteiger partial charge in [-0.15, -0.1) is 16.7 Å². The van der Waals surface area contributed by atoms with E-state index in [1.807, 2.05) is 28.9 Å². The molecule has 0 atom stereocenters. The van der Waals surface area contributed by atoms with E-state index in [4.69, 9.17) is 16.6 Å². The van der Waals surface area contributed by atoms with E-state index in [1.54, 1.807) is 0 Å². The van der Waals surface area contributed by atoms with Crippen molar-refractivity contribution >= 4 is 22.5 Å². The van der Waals surface area contributed by atoms with Crippen molar-refractivity contribution in [1.82, 2.24) is 19.7 Å². The summed E-state index contributed by atoms with van der Waals surface area (Å²) in [5, 5.41) is 5.66. The van der Waals surface area contributed by atoms with Crippen LogP contribution in [0.5, 0.6) is 0 Å². The molecule has 0 aliphatic rings. The molecule has 0 radical (unpaired) electrons. The van der Waals surface area contributed by atoms with Crippen molar-refractivity contribution in [2.75, 3.05) is 0 Å². The second kappa shape index (κ2) is 5.82. The highest BCUT2D eigenvalue weighted by atomic mass is 35.5. The number of benzene rings is 1. The molecule has 0 spiro atoms. The fourth-order valence-corrected chi connectivity index (χ4v) is 2.57. The van der Waals surface area contributed by atoms with E-state index >= 15 is 0 Å². The molecule has 0 unspecified atom stereocenters. The molecule has 0 aliphatic heterocycles. The molecule has 2 aromatic heterocycles. The highest BCUT2D eigenvalue weighted by molar-refractivity contribution is 6.17. The van der Waals surface area contributed by atoms with Gasteiger partial charge in [0, 0.05) is 23.8 Å². The third kappa shape index (κ3) is 2.51. The minimum atomic E-state index is 0.400. The van der Waals surface area contributed by atoms with Crippen LogP contribution in [-0.2, 0) is 18.7 Å². The van der Waals surface area contributed by atoms with Gasteiger partial charge < -0.3 is 0 Å². The summed E-state index contributed by atoms with van der Waals surface area (Å²) in [6.07, 6.45) is 1.62. The Hall–Kier alpha value is -1.94. The van der Waals surface area contributed by atoms with E-state index < -0.39 is 0 Å². The predicted octanol–water partition coefficient (Wildman–Crippen LogP) is 3.68. The van der Waals surface area contributed by atoms with Gasteiger partial charge in [0.05, 0.1) is 11.4 Å². The number of alkyl halides is 1. The van der Waals surface area contributed by atoms with E-state index in [1.165, 1.54) is 0 Å². The van der Waals surface area contributed by atoms with Crippen LogP contribution >= 0.6 is 11.6 Å². The normalized spacial score (nSPS) is 11.2. The molecule has 108 valence electrons. The summed E-state index contributed by atoms with van der Waals surface area (Å²) >= 11 is 6.12. The summed E-state index contributed by atoms with van der Waals surface area (Å²) < 4.78 is 1.84. The second-order valence-electron chi connectivity index (χ2n) is 4.86. The van der Waals surface area contributed by atoms with Crippen molar-refractivity contribution in [3.8, 4) is 5.82 Å². The van der Waals surface area contributed by atoms with E-state index in [2.05, 4.69) is 30.0 Å². The van der Waals surface area contributed by atoms with Crippen LogP contribution in [0.1, 0.15) is 31.1 Å². The fraction of sp³-hybridized carbons (Fsp3) is 0.312. The first-order chi connectivity index (χ1) is 10.3. The molecule has 5 heteroatoms. The minimum absolute atomic E-state index is 0.400. The number of aromatic nitrogens is 4. The summed E-state index contributed by atoms with van der Waals surface area (Å²) in [5.41, 5.74) is 1.91. The predicted molar refractivity (Wildman–Crippen MR) is 85.0 cm³/mol. The van der Waals surface area contributed by atoms with Gasteiger partial charge in [-0.25, -0.2) is 9.97 Å². The van der Waals surface area contributed by atoms with Gasteiger partial charge in [0.25, 0.3) is 0 Å². The molecule has 2 heterocycles. The van der Waals surface area contributed by atoms with Gasteiger partial charge in [-0.05, 0) is 12.1 Å². The van der Waals surface area contributed by atoms with Crippen molar-refractivity contribution in [2.45, 2.75) is 32.6 Å². The third-order valence-corrected chi connectivity index (χ3v) is 3.76. The highest BCUT2D eigenvalue weighted by Crippen LogP contribution is 2.22. The summed E-state index contributed by atoms with van der Waals surface area (Å²) in [6, 6.07) is 10.1. The van der Waals surface area contributed by atoms with Crippen molar-refractivity contribution in [2.24, 2.45) is 0 Å². The van der Waals surface area contributed by atoms with Crippen molar-refractivity contribution in [1.29, 1.82) is 0 Å². The monoisotopic (exact) mass is 300 g/mol. The Kier molecular flexibility index (Phi) is 3.88. The largest absolute Gasteiger partial charge is 0.228 e. The van der Waals surface area contributed by atoms with Crippen LogP contribution in [0.25, 0.3) is 16.7 Å². The Morgan fingerprint density at radius 1 is 1.10 bits per heavy atom. The summed E-state index contributed by atoms with van der Waals surface area (Å²) in [7, 11) is 0. The number of hydrogen-bond donors (Lipinski definition) is 0. The van der Waals surface area contributed by atoms with Gasteiger partial charge in [-0.3, -0.25) is 0 Å². The van der Waals surface area contributed by atoms with E-state index in [0.717, 1.165) is 46.8 Å². The van der Waals surface area contributed by atoms with Gasteiger partial charge in [-0.2, -0.15) is 4.68 Å². The number of aryl methyl sites for hydroxylation is 2. The Bertz CT molecular complexity index is 779. The zero-order valence-corrected chi connectivity index (χ0v) is 12.9. The Morgan fingerprint density at radius 3 is 2.62 bits per heavy atom. The van der Waals surface area contributed by atoms with Crippen LogP contribution in [0.15, 0.2) is 30.3 Å². The van der Waals surface area contributed by atoms with Gasteiger partial charge in [0.15, 0.2) is 11.6 Å². The van der Waals surface area contributed by atoms with Gasteiger partial charge >= 0.3 is 0 Å². The van der Waals surface area contributed by atoms with Crippen LogP contribution in [0, 0.1) is 0 Å². The Labute approximate surface area is 128 Å². The maximum absolute atomic E-state index is 6.12. The molecular weight excluding hydrogens is 284 g/mol. The molecule has 0 saturated heterocycles. The van der Waals surface area contributed by atoms with E-state index in [-0.39, 0.29) is 0 Å². The molecule has 0 saturated carbocycles. The molecule has 0 N–H and O–H groups in total. The van der Waals surface area contributed by atoms with Gasteiger partial charge in [0.1, 0.15) is 5.82 Å². The lowest BCUT2D eigenvalue weighted by Gasteiger charge is -2.10. The maximum atomic E-state index is 6.12. The quantitative estimate of drug-likeness (QED) is 0.690. The van der Waals surface area contributed by atoms with Crippen molar-refractivity contribution in [3.05, 3.63) is 47.5 Å². The molecular formula is C16H17ClN4. The first-order valence-electron chi connectivity index (χ1n) is 7.16. The van der Waals surface area contributed by atoms with Crippen LogP contribution in [-0.4, -0.2) is 19.7 Å². The van der Waals surface area contributed by atoms with E-state index in [0.29, 0.717) is 5.88 Å². The lowest BCUT2D eigenvalue weighted by Crippen LogP contribution is -2.08. The number of para-hydroxylation sites is 1. The number of halogens is 1. The number of pyridine rings is 1. The van der Waals surface area contributed by atoms with Crippen molar-refractivity contribution < 1.29 is 0 Å². The third-order valence-electron chi connectivity index (χ3n) is 3.48. The average Bonchev–Trinajstić information content (AvgIpc) is 2.96. The lowest BCUT2D eigenvalue weighted by molar-refractivity contribution is 0.766. The lowest BCUT2D eigenvalue weighted by atomic mass is 10.1. The number of nitrogens with zero attached hydrogens (tertiary/aromatic N) is 4. The molecule has 3 aromatic rings. The zero-order valence-electron chi connectivity index (χ0n) is 12.2. The second-order valence-corrected chi connectivity index (χ2v) is 5.13. The number of rotatable bonds is 4. The Balaban J connectivity index is 2.25. The zero-order chi connectivity index (χ0) is 14.8. The van der Waals surface area contributed by atoms with Crippen molar-refractivity contribution in [3.63, 3.8) is 0 Å². The van der Waals surface area contributed by atoms with Crippen LogP contribution in [0.2, 0.25) is 0 Å². The molecule has 3 rings (SSSR count). The first-order valence-corrected chi connectivity index (χ1v) is 7.70. The van der Waals surface area contributed by atoms with E-state index in [9.17, 15) is 0 Å². The topological polar surface area (TPSA) is 43.6 Å². The molecule has 4 nitrogen and oxygen atoms in total. The Morgan fingerprint density at radius 2 is 1.90 bits per heavy atom. The average molecular weight is 301 g/mol. The molecule has 0 bridgehead atoms. The summed E-state index contributed by atoms with van der Waals surface area (Å²) in [6.45, 7) is 4.12. The molecule has 0 fully saturated rings. The standard InChI is InChI=1S/C16H17ClN4/c1-3-14-19-15(4-2)21(20-14)16-12(10-17)9-11-7-5-6-8-13(11)18-16/h5-9H,3-4,10H2,1-2H3. The van der Waals surface area contributed by atoms with Crippen LogP contribution in [0.3, 0.4) is 0 Å². The summed E-state index contributed by atoms with van der Waals surface area (Å²) in [4.78, 5) is 9.30.